The number of aryl methyl sites for hydroxylation is 2. The Morgan fingerprint density at radius 1 is 1.12 bits per heavy atom. The van der Waals surface area contributed by atoms with Crippen LogP contribution >= 0.6 is 27.3 Å². The quantitative estimate of drug-likeness (QED) is 0.880. The Morgan fingerprint density at radius 3 is 2.25 bits per heavy atom. The molecule has 16 heavy (non-hydrogen) atoms. The molecule has 1 N–H and O–H groups in total. The van der Waals surface area contributed by atoms with Crippen molar-refractivity contribution in [1.82, 2.24) is 0 Å². The summed E-state index contributed by atoms with van der Waals surface area (Å²) in [5, 5.41) is 14.3. The minimum absolute atomic E-state index is 0.542. The summed E-state index contributed by atoms with van der Waals surface area (Å²) in [7, 11) is 0. The number of aliphatic hydroxyl groups is 1. The molecule has 0 amide bonds. The largest absolute Gasteiger partial charge is 0.384 e. The monoisotopic (exact) mass is 296 g/mol. The van der Waals surface area contributed by atoms with E-state index in [1.807, 2.05) is 36.7 Å². The Hall–Kier alpha value is -0.640. The number of aliphatic hydroxyl groups excluding tert-OH is 1. The summed E-state index contributed by atoms with van der Waals surface area (Å²) in [6.45, 7) is 4.10. The van der Waals surface area contributed by atoms with Crippen LogP contribution in [0.15, 0.2) is 33.4 Å². The van der Waals surface area contributed by atoms with Crippen LogP contribution in [0.5, 0.6) is 0 Å². The highest BCUT2D eigenvalue weighted by atomic mass is 79.9. The molecule has 2 rings (SSSR count). The van der Waals surface area contributed by atoms with E-state index in [0.29, 0.717) is 0 Å². The Kier molecular flexibility index (Phi) is 3.47. The van der Waals surface area contributed by atoms with Crippen molar-refractivity contribution in [3.8, 4) is 0 Å². The molecule has 1 aromatic heterocycles. The Bertz CT molecular complexity index is 484. The summed E-state index contributed by atoms with van der Waals surface area (Å²) in [6, 6.07) is 6.17. The second-order valence-corrected chi connectivity index (χ2v) is 5.60. The van der Waals surface area contributed by atoms with E-state index in [2.05, 4.69) is 22.0 Å². The van der Waals surface area contributed by atoms with Gasteiger partial charge in [-0.3, -0.25) is 0 Å². The third-order valence-corrected chi connectivity index (χ3v) is 4.25. The first-order chi connectivity index (χ1) is 7.58. The molecular weight excluding hydrogens is 284 g/mol. The van der Waals surface area contributed by atoms with Crippen molar-refractivity contribution in [3.63, 3.8) is 0 Å². The zero-order chi connectivity index (χ0) is 11.7. The van der Waals surface area contributed by atoms with Crippen LogP contribution in [0.1, 0.15) is 28.4 Å². The van der Waals surface area contributed by atoms with E-state index in [9.17, 15) is 5.11 Å². The van der Waals surface area contributed by atoms with Gasteiger partial charge in [-0.1, -0.05) is 29.3 Å². The zero-order valence-electron chi connectivity index (χ0n) is 9.20. The highest BCUT2D eigenvalue weighted by Crippen LogP contribution is 2.32. The van der Waals surface area contributed by atoms with Crippen LogP contribution in [0, 0.1) is 13.8 Å². The Balaban J connectivity index is 2.41. The van der Waals surface area contributed by atoms with Gasteiger partial charge in [0.1, 0.15) is 6.10 Å². The normalized spacial score (nSPS) is 12.8. The first-order valence-corrected chi connectivity index (χ1v) is 6.79. The molecular formula is C13H13BrOS. The maximum atomic E-state index is 10.3. The van der Waals surface area contributed by atoms with E-state index in [4.69, 9.17) is 0 Å². The molecule has 0 aliphatic heterocycles. The summed E-state index contributed by atoms with van der Waals surface area (Å²) < 4.78 is 0.976. The fraction of sp³-hybridized carbons (Fsp3) is 0.231. The molecule has 84 valence electrons. The number of benzene rings is 1. The first kappa shape index (κ1) is 11.8. The number of hydrogen-bond acceptors (Lipinski definition) is 2. The molecule has 1 unspecified atom stereocenters. The van der Waals surface area contributed by atoms with Gasteiger partial charge in [0.2, 0.25) is 0 Å². The van der Waals surface area contributed by atoms with Crippen molar-refractivity contribution in [1.29, 1.82) is 0 Å². The molecule has 1 heterocycles. The maximum absolute atomic E-state index is 10.3. The summed E-state index contributed by atoms with van der Waals surface area (Å²) in [5.74, 6) is 0. The lowest BCUT2D eigenvalue weighted by Crippen LogP contribution is -1.99. The van der Waals surface area contributed by atoms with Crippen molar-refractivity contribution < 1.29 is 5.11 Å². The topological polar surface area (TPSA) is 20.2 Å². The molecule has 0 spiro atoms. The van der Waals surface area contributed by atoms with Gasteiger partial charge in [-0.05, 0) is 40.7 Å². The highest BCUT2D eigenvalue weighted by molar-refractivity contribution is 9.10. The van der Waals surface area contributed by atoms with E-state index < -0.39 is 6.10 Å². The smallest absolute Gasteiger partial charge is 0.106 e. The molecule has 1 atom stereocenters. The van der Waals surface area contributed by atoms with Gasteiger partial charge in [-0.25, -0.2) is 0 Å². The molecule has 0 saturated carbocycles. The van der Waals surface area contributed by atoms with Crippen molar-refractivity contribution in [2.75, 3.05) is 0 Å². The van der Waals surface area contributed by atoms with Gasteiger partial charge >= 0.3 is 0 Å². The van der Waals surface area contributed by atoms with E-state index in [-0.39, 0.29) is 0 Å². The standard InChI is InChI=1S/C13H13BrOS/c1-8-3-9(2)5-10(4-8)13(15)11-6-16-7-12(11)14/h3-7,13,15H,1-2H3. The minimum Gasteiger partial charge on any atom is -0.384 e. The zero-order valence-corrected chi connectivity index (χ0v) is 11.6. The second-order valence-electron chi connectivity index (χ2n) is 4.00. The second kappa shape index (κ2) is 4.70. The van der Waals surface area contributed by atoms with Crippen LogP contribution < -0.4 is 0 Å². The van der Waals surface area contributed by atoms with E-state index >= 15 is 0 Å². The number of rotatable bonds is 2. The van der Waals surface area contributed by atoms with Gasteiger partial charge in [-0.15, -0.1) is 0 Å². The van der Waals surface area contributed by atoms with Crippen molar-refractivity contribution in [2.45, 2.75) is 20.0 Å². The fourth-order valence-electron chi connectivity index (χ4n) is 1.83. The van der Waals surface area contributed by atoms with Gasteiger partial charge in [0.25, 0.3) is 0 Å². The van der Waals surface area contributed by atoms with Crippen molar-refractivity contribution in [2.24, 2.45) is 0 Å². The number of halogens is 1. The van der Waals surface area contributed by atoms with Crippen LogP contribution in [-0.2, 0) is 0 Å². The SMILES string of the molecule is Cc1cc(C)cc(C(O)c2cscc2Br)c1. The van der Waals surface area contributed by atoms with Gasteiger partial charge in [0.15, 0.2) is 0 Å². The third-order valence-electron chi connectivity index (χ3n) is 2.50. The molecule has 0 bridgehead atoms. The van der Waals surface area contributed by atoms with Gasteiger partial charge < -0.3 is 5.11 Å². The Morgan fingerprint density at radius 2 is 1.75 bits per heavy atom. The predicted molar refractivity (Wildman–Crippen MR) is 72.0 cm³/mol. The lowest BCUT2D eigenvalue weighted by Gasteiger charge is -2.12. The average molecular weight is 297 g/mol. The van der Waals surface area contributed by atoms with Crippen LogP contribution in [0.25, 0.3) is 0 Å². The highest BCUT2D eigenvalue weighted by Gasteiger charge is 2.14. The molecule has 1 aromatic carbocycles. The van der Waals surface area contributed by atoms with Crippen LogP contribution in [0.3, 0.4) is 0 Å². The molecule has 2 aromatic rings. The van der Waals surface area contributed by atoms with Crippen molar-refractivity contribution in [3.05, 3.63) is 55.7 Å². The van der Waals surface area contributed by atoms with Crippen LogP contribution in [0.4, 0.5) is 0 Å². The summed E-state index contributed by atoms with van der Waals surface area (Å²) >= 11 is 5.04. The molecule has 0 aliphatic carbocycles. The maximum Gasteiger partial charge on any atom is 0.106 e. The van der Waals surface area contributed by atoms with E-state index in [1.54, 1.807) is 11.3 Å². The molecule has 0 aliphatic rings. The molecule has 3 heteroatoms. The first-order valence-electron chi connectivity index (χ1n) is 5.06. The third kappa shape index (κ3) is 2.37. The van der Waals surface area contributed by atoms with Crippen LogP contribution in [-0.4, -0.2) is 5.11 Å². The number of thiophene rings is 1. The molecule has 0 fully saturated rings. The molecule has 0 saturated heterocycles. The predicted octanol–water partition coefficient (Wildman–Crippen LogP) is 4.21. The van der Waals surface area contributed by atoms with Crippen molar-refractivity contribution >= 4 is 27.3 Å². The number of hydrogen-bond donors (Lipinski definition) is 1. The lowest BCUT2D eigenvalue weighted by atomic mass is 10.00. The fourth-order valence-corrected chi connectivity index (χ4v) is 3.37. The Labute approximate surface area is 108 Å². The average Bonchev–Trinajstić information content (AvgIpc) is 2.62. The molecule has 0 radical (unpaired) electrons. The van der Waals surface area contributed by atoms with Crippen LogP contribution in [0.2, 0.25) is 0 Å². The summed E-state index contributed by atoms with van der Waals surface area (Å²) in [5.41, 5.74) is 4.26. The van der Waals surface area contributed by atoms with Gasteiger partial charge in [0.05, 0.1) is 0 Å². The van der Waals surface area contributed by atoms with E-state index in [0.717, 1.165) is 15.6 Å². The van der Waals surface area contributed by atoms with Gasteiger partial charge in [0, 0.05) is 15.4 Å². The van der Waals surface area contributed by atoms with E-state index in [1.165, 1.54) is 11.1 Å². The molecule has 1 nitrogen and oxygen atoms in total. The summed E-state index contributed by atoms with van der Waals surface area (Å²) in [4.78, 5) is 0. The van der Waals surface area contributed by atoms with Gasteiger partial charge in [-0.2, -0.15) is 11.3 Å². The minimum atomic E-state index is -0.542. The lowest BCUT2D eigenvalue weighted by molar-refractivity contribution is 0.220. The summed E-state index contributed by atoms with van der Waals surface area (Å²) in [6.07, 6.45) is -0.542.